The van der Waals surface area contributed by atoms with Crippen LogP contribution in [0.1, 0.15) is 20.8 Å². The molecule has 0 aliphatic carbocycles. The molecule has 1 N–H and O–H groups in total. The molecule has 4 heterocycles. The van der Waals surface area contributed by atoms with Gasteiger partial charge in [-0.1, -0.05) is 18.2 Å². The Morgan fingerprint density at radius 2 is 1.69 bits per heavy atom. The molecule has 0 saturated carbocycles. The number of amides is 1. The quantitative estimate of drug-likeness (QED) is 0.427. The highest BCUT2D eigenvalue weighted by Gasteiger charge is 2.34. The van der Waals surface area contributed by atoms with Crippen molar-refractivity contribution in [2.75, 3.05) is 41.3 Å². The molecule has 4 aromatic rings. The Balaban J connectivity index is 1.41. The van der Waals surface area contributed by atoms with Crippen LogP contribution in [0.3, 0.4) is 0 Å². The summed E-state index contributed by atoms with van der Waals surface area (Å²) in [5.74, 6) is 1.04. The maximum Gasteiger partial charge on any atom is 0.418 e. The van der Waals surface area contributed by atoms with E-state index in [1.807, 2.05) is 18.2 Å². The molecule has 35 heavy (non-hydrogen) atoms. The summed E-state index contributed by atoms with van der Waals surface area (Å²) in [5, 5.41) is 3.18. The number of aromatic nitrogens is 3. The van der Waals surface area contributed by atoms with Crippen molar-refractivity contribution < 1.29 is 18.0 Å². The van der Waals surface area contributed by atoms with Gasteiger partial charge in [-0.15, -0.1) is 11.3 Å². The lowest BCUT2D eigenvalue weighted by molar-refractivity contribution is -0.136. The van der Waals surface area contributed by atoms with Crippen molar-refractivity contribution in [1.82, 2.24) is 15.0 Å². The molecule has 5 rings (SSSR count). The van der Waals surface area contributed by atoms with Crippen LogP contribution in [-0.2, 0) is 6.18 Å². The van der Waals surface area contributed by atoms with Crippen molar-refractivity contribution in [3.05, 3.63) is 71.0 Å². The molecule has 1 saturated heterocycles. The molecule has 1 aromatic carbocycles. The SMILES string of the molecule is Cc1c(C(=O)Nc2ccccc2C(F)(F)F)sc2ncnc(N3CCN(c4ccccn4)CC3)c12. The number of hydrogen-bond donors (Lipinski definition) is 1. The minimum Gasteiger partial charge on any atom is -0.353 e. The smallest absolute Gasteiger partial charge is 0.353 e. The summed E-state index contributed by atoms with van der Waals surface area (Å²) >= 11 is 1.15. The Bertz CT molecular complexity index is 1370. The molecule has 1 amide bonds. The second kappa shape index (κ2) is 9.14. The maximum atomic E-state index is 13.4. The van der Waals surface area contributed by atoms with Crippen molar-refractivity contribution >= 4 is 44.8 Å². The number of pyridine rings is 1. The number of benzene rings is 1. The minimum absolute atomic E-state index is 0.279. The summed E-state index contributed by atoms with van der Waals surface area (Å²) in [6.45, 7) is 4.71. The van der Waals surface area contributed by atoms with Crippen LogP contribution < -0.4 is 15.1 Å². The van der Waals surface area contributed by atoms with E-state index in [0.717, 1.165) is 47.5 Å². The Hall–Kier alpha value is -3.73. The number of halogens is 3. The van der Waals surface area contributed by atoms with E-state index in [1.165, 1.54) is 24.5 Å². The number of carbonyl (C=O) groups excluding carboxylic acids is 1. The molecule has 1 aliphatic heterocycles. The van der Waals surface area contributed by atoms with E-state index in [-0.39, 0.29) is 5.69 Å². The molecule has 0 unspecified atom stereocenters. The molecule has 7 nitrogen and oxygen atoms in total. The minimum atomic E-state index is -4.57. The zero-order valence-electron chi connectivity index (χ0n) is 18.7. The molecular weight excluding hydrogens is 477 g/mol. The van der Waals surface area contributed by atoms with Crippen LogP contribution in [0.15, 0.2) is 55.0 Å². The first kappa shape index (κ1) is 23.0. The lowest BCUT2D eigenvalue weighted by Crippen LogP contribution is -2.47. The van der Waals surface area contributed by atoms with E-state index < -0.39 is 17.6 Å². The molecule has 180 valence electrons. The average molecular weight is 499 g/mol. The number of piperazine rings is 1. The van der Waals surface area contributed by atoms with Crippen molar-refractivity contribution in [3.8, 4) is 0 Å². The standard InChI is InChI=1S/C24H21F3N6OS/c1-15-19-21(33-12-10-32(11-13-33)18-8-4-5-9-28-18)29-14-30-23(19)35-20(15)22(34)31-17-7-3-2-6-16(17)24(25,26)27/h2-9,14H,10-13H2,1H3,(H,31,34). The lowest BCUT2D eigenvalue weighted by Gasteiger charge is -2.36. The predicted molar refractivity (Wildman–Crippen MR) is 130 cm³/mol. The van der Waals surface area contributed by atoms with Gasteiger partial charge in [-0.25, -0.2) is 15.0 Å². The molecule has 0 bridgehead atoms. The van der Waals surface area contributed by atoms with Gasteiger partial charge in [0.2, 0.25) is 0 Å². The molecule has 1 aliphatic rings. The van der Waals surface area contributed by atoms with E-state index in [4.69, 9.17) is 0 Å². The average Bonchev–Trinajstić information content (AvgIpc) is 3.21. The van der Waals surface area contributed by atoms with Gasteiger partial charge in [0.1, 0.15) is 22.8 Å². The fraction of sp³-hybridized carbons (Fsp3) is 0.250. The first-order chi connectivity index (χ1) is 16.8. The maximum absolute atomic E-state index is 13.4. The van der Waals surface area contributed by atoms with Crippen LogP contribution in [0.4, 0.5) is 30.5 Å². The molecule has 1 fully saturated rings. The predicted octanol–water partition coefficient (Wildman–Crippen LogP) is 4.99. The third-order valence-electron chi connectivity index (χ3n) is 5.95. The van der Waals surface area contributed by atoms with Crippen molar-refractivity contribution in [2.24, 2.45) is 0 Å². The number of nitrogens with zero attached hydrogens (tertiary/aromatic N) is 5. The van der Waals surface area contributed by atoms with Gasteiger partial charge in [0.25, 0.3) is 5.91 Å². The van der Waals surface area contributed by atoms with E-state index in [9.17, 15) is 18.0 Å². The number of thiophene rings is 1. The third kappa shape index (κ3) is 4.51. The first-order valence-electron chi connectivity index (χ1n) is 11.0. The van der Waals surface area contributed by atoms with Crippen LogP contribution in [0.25, 0.3) is 10.2 Å². The zero-order chi connectivity index (χ0) is 24.6. The zero-order valence-corrected chi connectivity index (χ0v) is 19.5. The fourth-order valence-corrected chi connectivity index (χ4v) is 5.25. The molecule has 3 aromatic heterocycles. The Morgan fingerprint density at radius 1 is 0.971 bits per heavy atom. The third-order valence-corrected chi connectivity index (χ3v) is 7.14. The van der Waals surface area contributed by atoms with Gasteiger partial charge in [0, 0.05) is 32.4 Å². The van der Waals surface area contributed by atoms with Crippen LogP contribution in [-0.4, -0.2) is 47.0 Å². The highest BCUT2D eigenvalue weighted by Crippen LogP contribution is 2.38. The van der Waals surface area contributed by atoms with Crippen molar-refractivity contribution in [3.63, 3.8) is 0 Å². The number of carbonyl (C=O) groups is 1. The van der Waals surface area contributed by atoms with E-state index >= 15 is 0 Å². The largest absolute Gasteiger partial charge is 0.418 e. The van der Waals surface area contributed by atoms with Gasteiger partial charge in [0.15, 0.2) is 0 Å². The second-order valence-corrected chi connectivity index (χ2v) is 9.09. The monoisotopic (exact) mass is 498 g/mol. The molecular formula is C24H21F3N6OS. The van der Waals surface area contributed by atoms with Crippen LogP contribution in [0.2, 0.25) is 0 Å². The number of nitrogens with one attached hydrogen (secondary N) is 1. The number of fused-ring (bicyclic) bond motifs is 1. The Morgan fingerprint density at radius 3 is 2.40 bits per heavy atom. The van der Waals surface area contributed by atoms with Crippen molar-refractivity contribution in [1.29, 1.82) is 0 Å². The summed E-state index contributed by atoms with van der Waals surface area (Å²) in [6.07, 6.45) is -1.35. The van der Waals surface area contributed by atoms with E-state index in [2.05, 4.69) is 30.1 Å². The first-order valence-corrected chi connectivity index (χ1v) is 11.8. The van der Waals surface area contributed by atoms with Gasteiger partial charge in [-0.05, 0) is 36.8 Å². The highest BCUT2D eigenvalue weighted by molar-refractivity contribution is 7.20. The lowest BCUT2D eigenvalue weighted by atomic mass is 10.1. The summed E-state index contributed by atoms with van der Waals surface area (Å²) in [4.78, 5) is 31.5. The number of alkyl halides is 3. The highest BCUT2D eigenvalue weighted by atomic mass is 32.1. The summed E-state index contributed by atoms with van der Waals surface area (Å²) < 4.78 is 40.1. The summed E-state index contributed by atoms with van der Waals surface area (Å²) in [6, 6.07) is 10.7. The topological polar surface area (TPSA) is 74.2 Å². The Labute approximate surface area is 203 Å². The summed E-state index contributed by atoms with van der Waals surface area (Å²) in [5.41, 5.74) is -0.521. The van der Waals surface area contributed by atoms with Crippen LogP contribution in [0.5, 0.6) is 0 Å². The number of hydrogen-bond acceptors (Lipinski definition) is 7. The van der Waals surface area contributed by atoms with Gasteiger partial charge < -0.3 is 15.1 Å². The molecule has 11 heteroatoms. The number of para-hydroxylation sites is 1. The number of anilines is 3. The van der Waals surface area contributed by atoms with E-state index in [0.29, 0.717) is 28.4 Å². The van der Waals surface area contributed by atoms with E-state index in [1.54, 1.807) is 13.1 Å². The van der Waals surface area contributed by atoms with Crippen LogP contribution in [0, 0.1) is 6.92 Å². The van der Waals surface area contributed by atoms with Crippen molar-refractivity contribution in [2.45, 2.75) is 13.1 Å². The Kier molecular flexibility index (Phi) is 6.01. The fourth-order valence-electron chi connectivity index (χ4n) is 4.22. The summed E-state index contributed by atoms with van der Waals surface area (Å²) in [7, 11) is 0. The van der Waals surface area contributed by atoms with Gasteiger partial charge in [0.05, 0.1) is 21.5 Å². The molecule has 0 atom stereocenters. The normalized spacial score (nSPS) is 14.4. The number of aryl methyl sites for hydroxylation is 1. The number of rotatable bonds is 4. The van der Waals surface area contributed by atoms with Gasteiger partial charge in [-0.3, -0.25) is 4.79 Å². The molecule has 0 spiro atoms. The van der Waals surface area contributed by atoms with Gasteiger partial charge >= 0.3 is 6.18 Å². The second-order valence-electron chi connectivity index (χ2n) is 8.09. The van der Waals surface area contributed by atoms with Crippen LogP contribution >= 0.6 is 11.3 Å². The van der Waals surface area contributed by atoms with Gasteiger partial charge in [-0.2, -0.15) is 13.2 Å². The molecule has 0 radical (unpaired) electrons.